The summed E-state index contributed by atoms with van der Waals surface area (Å²) in [5.74, 6) is 1.66. The topological polar surface area (TPSA) is 81.6 Å². The Kier molecular flexibility index (Phi) is 8.22. The number of benzene rings is 10. The van der Waals surface area contributed by atoms with Crippen LogP contribution in [0.4, 0.5) is 0 Å². The van der Waals surface area contributed by atoms with Crippen LogP contribution in [-0.4, -0.2) is 23.8 Å². The Morgan fingerprint density at radius 3 is 1.53 bits per heavy atom. The highest BCUT2D eigenvalue weighted by Gasteiger charge is 2.23. The summed E-state index contributed by atoms with van der Waals surface area (Å²) in [5, 5.41) is 11.9. The van der Waals surface area contributed by atoms with Gasteiger partial charge in [-0.2, -0.15) is 0 Å². The van der Waals surface area contributed by atoms with Gasteiger partial charge in [-0.3, -0.25) is 18.4 Å². The minimum Gasteiger partial charge on any atom is -0.275 e. The molecule has 0 saturated heterocycles. The predicted octanol–water partition coefficient (Wildman–Crippen LogP) is 15.6. The molecular weight excluding hydrogens is 915 g/mol. The van der Waals surface area contributed by atoms with E-state index in [-0.39, 0.29) is 11.1 Å². The molecule has 10 aromatic carbocycles. The van der Waals surface area contributed by atoms with E-state index in [0.29, 0.717) is 22.9 Å². The van der Waals surface area contributed by atoms with Crippen LogP contribution in [0, 0.1) is 0 Å². The van der Waals surface area contributed by atoms with Crippen molar-refractivity contribution in [3.05, 3.63) is 233 Å². The van der Waals surface area contributed by atoms with Crippen molar-refractivity contribution < 1.29 is 0 Å². The molecule has 0 atom stereocenters. The maximum absolute atomic E-state index is 14.2. The van der Waals surface area contributed by atoms with Gasteiger partial charge >= 0.3 is 0 Å². The van der Waals surface area contributed by atoms with Crippen LogP contribution in [0.15, 0.2) is 222 Å². The lowest BCUT2D eigenvalue weighted by Crippen LogP contribution is -2.12. The normalized spacial score (nSPS) is 12.2. The summed E-state index contributed by atoms with van der Waals surface area (Å²) >= 11 is 1.80. The number of para-hydroxylation sites is 2. The van der Waals surface area contributed by atoms with E-state index in [1.54, 1.807) is 11.3 Å². The highest BCUT2D eigenvalue weighted by atomic mass is 32.1. The molecular formula is C65H35N5O2S. The SMILES string of the molecule is O=c1c2ccccc2c2cccc3c4c(-c5nc(-c6ccccc6)nc(-c6ccc(-c7ccc8sc9ccc(-c%10ccc%11c%12ccccc%12c(=O)n%12c%13ccccc%13c%10c%11%12)cc9c8c7)cc6)n5)cccc4n1c23. The molecule has 0 radical (unpaired) electrons. The van der Waals surface area contributed by atoms with Crippen LogP contribution < -0.4 is 11.1 Å². The zero-order chi connectivity index (χ0) is 48.1. The Labute approximate surface area is 418 Å². The van der Waals surface area contributed by atoms with Crippen molar-refractivity contribution in [3.8, 4) is 56.4 Å². The maximum atomic E-state index is 14.2. The summed E-state index contributed by atoms with van der Waals surface area (Å²) in [6.45, 7) is 0. The first-order valence-electron chi connectivity index (χ1n) is 24.3. The number of thiophene rings is 1. The number of nitrogens with zero attached hydrogens (tertiary/aromatic N) is 5. The third-order valence-electron chi connectivity index (χ3n) is 15.1. The second-order valence-corrected chi connectivity index (χ2v) is 20.0. The highest BCUT2D eigenvalue weighted by molar-refractivity contribution is 7.25. The number of fused-ring (bicyclic) bond motifs is 13. The number of rotatable bonds is 5. The quantitative estimate of drug-likeness (QED) is 0.161. The van der Waals surface area contributed by atoms with Gasteiger partial charge in [0.15, 0.2) is 17.5 Å². The lowest BCUT2D eigenvalue weighted by atomic mass is 9.95. The average Bonchev–Trinajstić information content (AvgIpc) is 4.12. The van der Waals surface area contributed by atoms with E-state index in [1.807, 2.05) is 99.8 Å². The van der Waals surface area contributed by atoms with Crippen molar-refractivity contribution in [3.63, 3.8) is 0 Å². The first kappa shape index (κ1) is 40.1. The molecule has 0 spiro atoms. The number of aromatic nitrogens is 5. The standard InChI is InChI=1S/C65H35N5O2S/c71-64-47-17-7-5-15-43(47)45-31-30-41(58-48-18-8-9-22-53(48)69(64)60(45)58)40-29-33-56-52(35-40)51-34-39(28-32-55(51)73-56)36-24-26-38(27-25-36)62-66-61(37-12-2-1-3-13-37)67-63(68-62)50-21-11-23-54-57(50)49-20-10-19-44-42-14-4-6-16-46(42)65(72)70(54)59(44)49/h1-35H. The maximum Gasteiger partial charge on any atom is 0.263 e. The Morgan fingerprint density at radius 2 is 0.808 bits per heavy atom. The number of pyridine rings is 2. The summed E-state index contributed by atoms with van der Waals surface area (Å²) < 4.78 is 6.22. The third kappa shape index (κ3) is 5.66. The molecule has 0 aliphatic rings. The molecule has 0 N–H and O–H groups in total. The lowest BCUT2D eigenvalue weighted by molar-refractivity contribution is 1.08. The molecule has 0 unspecified atom stereocenters. The van der Waals surface area contributed by atoms with Crippen LogP contribution in [0.3, 0.4) is 0 Å². The molecule has 7 nitrogen and oxygen atoms in total. The Bertz CT molecular complexity index is 5140. The molecule has 0 bridgehead atoms. The third-order valence-corrected chi connectivity index (χ3v) is 16.2. The van der Waals surface area contributed by atoms with E-state index in [0.717, 1.165) is 109 Å². The molecule has 338 valence electrons. The van der Waals surface area contributed by atoms with Gasteiger partial charge in [0.05, 0.1) is 22.1 Å². The van der Waals surface area contributed by atoms with E-state index < -0.39 is 0 Å². The molecule has 0 amide bonds. The van der Waals surface area contributed by atoms with Crippen molar-refractivity contribution in [1.82, 2.24) is 23.8 Å². The summed E-state index contributed by atoms with van der Waals surface area (Å²) in [4.78, 5) is 43.9. The molecule has 73 heavy (non-hydrogen) atoms. The van der Waals surface area contributed by atoms with Crippen molar-refractivity contribution in [2.24, 2.45) is 0 Å². The van der Waals surface area contributed by atoms with Crippen LogP contribution in [0.25, 0.3) is 153 Å². The Morgan fingerprint density at radius 1 is 0.301 bits per heavy atom. The van der Waals surface area contributed by atoms with Gasteiger partial charge in [-0.25, -0.2) is 15.0 Å². The summed E-state index contributed by atoms with van der Waals surface area (Å²) in [6, 6.07) is 72.8. The molecule has 6 heterocycles. The van der Waals surface area contributed by atoms with Crippen LogP contribution in [0.1, 0.15) is 0 Å². The fourth-order valence-corrected chi connectivity index (χ4v) is 12.9. The van der Waals surface area contributed by atoms with Gasteiger partial charge in [0.1, 0.15) is 0 Å². The van der Waals surface area contributed by atoms with Crippen LogP contribution in [-0.2, 0) is 0 Å². The van der Waals surface area contributed by atoms with Crippen LogP contribution in [0.5, 0.6) is 0 Å². The van der Waals surface area contributed by atoms with Gasteiger partial charge < -0.3 is 0 Å². The van der Waals surface area contributed by atoms with Gasteiger partial charge in [0.25, 0.3) is 11.1 Å². The minimum absolute atomic E-state index is 0.00942. The van der Waals surface area contributed by atoms with Gasteiger partial charge in [0, 0.05) is 80.0 Å². The monoisotopic (exact) mass is 949 g/mol. The predicted molar refractivity (Wildman–Crippen MR) is 302 cm³/mol. The van der Waals surface area contributed by atoms with Crippen molar-refractivity contribution >= 4 is 107 Å². The van der Waals surface area contributed by atoms with E-state index in [1.165, 1.54) is 20.2 Å². The minimum atomic E-state index is -0.0437. The van der Waals surface area contributed by atoms with Crippen molar-refractivity contribution in [2.45, 2.75) is 0 Å². The molecule has 0 aliphatic carbocycles. The molecule has 8 heteroatoms. The van der Waals surface area contributed by atoms with Crippen LogP contribution >= 0.6 is 11.3 Å². The van der Waals surface area contributed by atoms with E-state index >= 15 is 0 Å². The van der Waals surface area contributed by atoms with Crippen molar-refractivity contribution in [1.29, 1.82) is 0 Å². The zero-order valence-corrected chi connectivity index (χ0v) is 39.5. The first-order chi connectivity index (χ1) is 36.0. The van der Waals surface area contributed by atoms with E-state index in [2.05, 4.69) is 121 Å². The summed E-state index contributed by atoms with van der Waals surface area (Å²) in [6.07, 6.45) is 0. The second-order valence-electron chi connectivity index (χ2n) is 18.9. The van der Waals surface area contributed by atoms with Crippen molar-refractivity contribution in [2.75, 3.05) is 0 Å². The molecule has 16 rings (SSSR count). The van der Waals surface area contributed by atoms with Gasteiger partial charge in [-0.1, -0.05) is 164 Å². The fourth-order valence-electron chi connectivity index (χ4n) is 11.8. The number of hydrogen-bond donors (Lipinski definition) is 0. The number of hydrogen-bond acceptors (Lipinski definition) is 6. The van der Waals surface area contributed by atoms with E-state index in [4.69, 9.17) is 15.0 Å². The van der Waals surface area contributed by atoms with Gasteiger partial charge in [0.2, 0.25) is 0 Å². The fraction of sp³-hybridized carbons (Fsp3) is 0. The molecule has 16 aromatic rings. The Hall–Kier alpha value is -9.63. The molecule has 0 fully saturated rings. The molecule has 0 aliphatic heterocycles. The zero-order valence-electron chi connectivity index (χ0n) is 38.7. The van der Waals surface area contributed by atoms with E-state index in [9.17, 15) is 9.59 Å². The van der Waals surface area contributed by atoms with Crippen LogP contribution in [0.2, 0.25) is 0 Å². The van der Waals surface area contributed by atoms with Gasteiger partial charge in [-0.05, 0) is 81.6 Å². The molecule has 6 aromatic heterocycles. The van der Waals surface area contributed by atoms with Gasteiger partial charge in [-0.15, -0.1) is 11.3 Å². The smallest absolute Gasteiger partial charge is 0.263 e. The second kappa shape index (κ2) is 14.9. The first-order valence-corrected chi connectivity index (χ1v) is 25.2. The Balaban J connectivity index is 0.817. The molecule has 0 saturated carbocycles. The lowest BCUT2D eigenvalue weighted by Gasteiger charge is -2.10. The summed E-state index contributed by atoms with van der Waals surface area (Å²) in [7, 11) is 0. The largest absolute Gasteiger partial charge is 0.275 e. The highest BCUT2D eigenvalue weighted by Crippen LogP contribution is 2.44. The summed E-state index contributed by atoms with van der Waals surface area (Å²) in [5.41, 5.74) is 10.5. The average molecular weight is 950 g/mol.